The van der Waals surface area contributed by atoms with Crippen molar-refractivity contribution in [3.05, 3.63) is 24.0 Å². The highest BCUT2D eigenvalue weighted by atomic mass is 16.5. The number of methoxy groups -OCH3 is 1. The van der Waals surface area contributed by atoms with Crippen molar-refractivity contribution < 1.29 is 9.53 Å². The first-order chi connectivity index (χ1) is 9.31. The normalized spacial score (nSPS) is 26.1. The lowest BCUT2D eigenvalue weighted by Crippen LogP contribution is -2.48. The molecule has 19 heavy (non-hydrogen) atoms. The molecule has 3 rings (SSSR count). The van der Waals surface area contributed by atoms with Gasteiger partial charge in [0, 0.05) is 31.9 Å². The van der Waals surface area contributed by atoms with E-state index in [9.17, 15) is 4.79 Å². The Morgan fingerprint density at radius 2 is 2.42 bits per heavy atom. The standard InChI is InChI=1S/C14H19N3O2/c1-19-13-9-15-5-4-11(13)14(18)17-6-2-3-10-7-16-8-12(10)17/h4-5,9-10,12,16H,2-3,6-8H2,1H3. The molecule has 0 saturated carbocycles. The van der Waals surface area contributed by atoms with Gasteiger partial charge in [-0.25, -0.2) is 0 Å². The molecule has 0 spiro atoms. The van der Waals surface area contributed by atoms with Gasteiger partial charge in [0.25, 0.3) is 5.91 Å². The molecule has 2 aliphatic heterocycles. The van der Waals surface area contributed by atoms with Gasteiger partial charge in [-0.1, -0.05) is 0 Å². The topological polar surface area (TPSA) is 54.5 Å². The molecule has 0 radical (unpaired) electrons. The third-order valence-corrected chi connectivity index (χ3v) is 4.17. The van der Waals surface area contributed by atoms with E-state index >= 15 is 0 Å². The Kier molecular flexibility index (Phi) is 3.38. The quantitative estimate of drug-likeness (QED) is 0.860. The van der Waals surface area contributed by atoms with E-state index < -0.39 is 0 Å². The highest BCUT2D eigenvalue weighted by molar-refractivity contribution is 5.97. The van der Waals surface area contributed by atoms with Crippen molar-refractivity contribution in [3.8, 4) is 5.75 Å². The number of nitrogens with one attached hydrogen (secondary N) is 1. The maximum absolute atomic E-state index is 12.7. The summed E-state index contributed by atoms with van der Waals surface area (Å²) in [5, 5.41) is 3.39. The van der Waals surface area contributed by atoms with E-state index in [1.54, 1.807) is 25.6 Å². The summed E-state index contributed by atoms with van der Waals surface area (Å²) >= 11 is 0. The van der Waals surface area contributed by atoms with Gasteiger partial charge in [0.2, 0.25) is 0 Å². The number of aromatic nitrogens is 1. The molecule has 5 heteroatoms. The Balaban J connectivity index is 1.86. The number of hydrogen-bond donors (Lipinski definition) is 1. The van der Waals surface area contributed by atoms with Crippen molar-refractivity contribution in [1.29, 1.82) is 0 Å². The largest absolute Gasteiger partial charge is 0.494 e. The van der Waals surface area contributed by atoms with Crippen LogP contribution in [-0.2, 0) is 0 Å². The Bertz CT molecular complexity index is 478. The molecule has 2 saturated heterocycles. The first-order valence-electron chi connectivity index (χ1n) is 6.81. The van der Waals surface area contributed by atoms with Crippen LogP contribution in [0.1, 0.15) is 23.2 Å². The van der Waals surface area contributed by atoms with Crippen LogP contribution in [0.4, 0.5) is 0 Å². The number of ether oxygens (including phenoxy) is 1. The molecule has 1 N–H and O–H groups in total. The second kappa shape index (κ2) is 5.17. The smallest absolute Gasteiger partial charge is 0.258 e. The summed E-state index contributed by atoms with van der Waals surface area (Å²) in [6.07, 6.45) is 5.54. The summed E-state index contributed by atoms with van der Waals surface area (Å²) in [5.41, 5.74) is 0.616. The number of pyridine rings is 1. The Morgan fingerprint density at radius 1 is 1.53 bits per heavy atom. The molecule has 3 heterocycles. The van der Waals surface area contributed by atoms with Crippen LogP contribution >= 0.6 is 0 Å². The first-order valence-corrected chi connectivity index (χ1v) is 6.81. The van der Waals surface area contributed by atoms with Gasteiger partial charge < -0.3 is 15.0 Å². The molecule has 2 atom stereocenters. The summed E-state index contributed by atoms with van der Waals surface area (Å²) < 4.78 is 5.24. The van der Waals surface area contributed by atoms with Crippen LogP contribution in [0.3, 0.4) is 0 Å². The third-order valence-electron chi connectivity index (χ3n) is 4.17. The number of fused-ring (bicyclic) bond motifs is 1. The van der Waals surface area contributed by atoms with Crippen molar-refractivity contribution in [2.75, 3.05) is 26.7 Å². The molecule has 5 nitrogen and oxygen atoms in total. The monoisotopic (exact) mass is 261 g/mol. The van der Waals surface area contributed by atoms with Gasteiger partial charge in [0.05, 0.1) is 18.9 Å². The molecule has 0 bridgehead atoms. The van der Waals surface area contributed by atoms with Gasteiger partial charge in [-0.05, 0) is 24.8 Å². The lowest BCUT2D eigenvalue weighted by molar-refractivity contribution is 0.0571. The molecule has 1 aromatic heterocycles. The highest BCUT2D eigenvalue weighted by Gasteiger charge is 2.38. The SMILES string of the molecule is COc1cnccc1C(=O)N1CCCC2CNCC21. The van der Waals surface area contributed by atoms with Gasteiger partial charge in [0.15, 0.2) is 0 Å². The van der Waals surface area contributed by atoms with Crippen molar-refractivity contribution >= 4 is 5.91 Å². The lowest BCUT2D eigenvalue weighted by atomic mass is 9.91. The summed E-state index contributed by atoms with van der Waals surface area (Å²) in [5.74, 6) is 1.23. The number of hydrogen-bond acceptors (Lipinski definition) is 4. The van der Waals surface area contributed by atoms with Crippen LogP contribution in [0.15, 0.2) is 18.5 Å². The van der Waals surface area contributed by atoms with E-state index in [0.717, 1.165) is 26.1 Å². The minimum atomic E-state index is 0.0673. The van der Waals surface area contributed by atoms with Crippen molar-refractivity contribution in [1.82, 2.24) is 15.2 Å². The van der Waals surface area contributed by atoms with E-state index in [1.165, 1.54) is 6.42 Å². The first kappa shape index (κ1) is 12.4. The predicted molar refractivity (Wildman–Crippen MR) is 71.2 cm³/mol. The van der Waals surface area contributed by atoms with E-state index in [1.807, 2.05) is 4.90 Å². The maximum atomic E-state index is 12.7. The second-order valence-corrected chi connectivity index (χ2v) is 5.20. The zero-order valence-corrected chi connectivity index (χ0v) is 11.1. The molecule has 0 aliphatic carbocycles. The number of amides is 1. The van der Waals surface area contributed by atoms with E-state index in [0.29, 0.717) is 23.3 Å². The highest BCUT2D eigenvalue weighted by Crippen LogP contribution is 2.29. The average molecular weight is 261 g/mol. The van der Waals surface area contributed by atoms with Crippen LogP contribution in [0.2, 0.25) is 0 Å². The predicted octanol–water partition coefficient (Wildman–Crippen LogP) is 0.914. The van der Waals surface area contributed by atoms with Crippen molar-refractivity contribution in [2.45, 2.75) is 18.9 Å². The number of likely N-dealkylation sites (tertiary alicyclic amines) is 1. The summed E-state index contributed by atoms with van der Waals surface area (Å²) in [6, 6.07) is 2.08. The number of carbonyl (C=O) groups is 1. The van der Waals surface area contributed by atoms with Crippen LogP contribution in [0.5, 0.6) is 5.75 Å². The number of carbonyl (C=O) groups excluding carboxylic acids is 1. The van der Waals surface area contributed by atoms with Gasteiger partial charge >= 0.3 is 0 Å². The molecule has 2 unspecified atom stereocenters. The average Bonchev–Trinajstić information content (AvgIpc) is 2.94. The Morgan fingerprint density at radius 3 is 3.26 bits per heavy atom. The van der Waals surface area contributed by atoms with Crippen molar-refractivity contribution in [3.63, 3.8) is 0 Å². The van der Waals surface area contributed by atoms with Crippen LogP contribution in [0, 0.1) is 5.92 Å². The van der Waals surface area contributed by atoms with Crippen LogP contribution in [-0.4, -0.2) is 48.6 Å². The second-order valence-electron chi connectivity index (χ2n) is 5.20. The van der Waals surface area contributed by atoms with Gasteiger partial charge in [-0.15, -0.1) is 0 Å². The number of rotatable bonds is 2. The van der Waals surface area contributed by atoms with E-state index in [-0.39, 0.29) is 5.91 Å². The summed E-state index contributed by atoms with van der Waals surface area (Å²) in [4.78, 5) is 18.7. The molecular weight excluding hydrogens is 242 g/mol. The number of nitrogens with zero attached hydrogens (tertiary/aromatic N) is 2. The summed E-state index contributed by atoms with van der Waals surface area (Å²) in [7, 11) is 1.57. The Hall–Kier alpha value is -1.62. The zero-order chi connectivity index (χ0) is 13.2. The van der Waals surface area contributed by atoms with Gasteiger partial charge in [-0.2, -0.15) is 0 Å². The molecule has 2 fully saturated rings. The molecule has 2 aliphatic rings. The molecule has 102 valence electrons. The molecule has 1 amide bonds. The van der Waals surface area contributed by atoms with Gasteiger partial charge in [-0.3, -0.25) is 9.78 Å². The molecule has 1 aromatic rings. The van der Waals surface area contributed by atoms with Gasteiger partial charge in [0.1, 0.15) is 5.75 Å². The fourth-order valence-corrected chi connectivity index (χ4v) is 3.19. The summed E-state index contributed by atoms with van der Waals surface area (Å²) in [6.45, 7) is 2.78. The molecular formula is C14H19N3O2. The number of piperidine rings is 1. The fraction of sp³-hybridized carbons (Fsp3) is 0.571. The zero-order valence-electron chi connectivity index (χ0n) is 11.1. The lowest BCUT2D eigenvalue weighted by Gasteiger charge is -2.37. The van der Waals surface area contributed by atoms with Crippen LogP contribution < -0.4 is 10.1 Å². The molecule has 0 aromatic carbocycles. The fourth-order valence-electron chi connectivity index (χ4n) is 3.19. The van der Waals surface area contributed by atoms with Crippen LogP contribution in [0.25, 0.3) is 0 Å². The van der Waals surface area contributed by atoms with E-state index in [4.69, 9.17) is 4.74 Å². The van der Waals surface area contributed by atoms with Crippen molar-refractivity contribution in [2.24, 2.45) is 5.92 Å². The van der Waals surface area contributed by atoms with E-state index in [2.05, 4.69) is 10.3 Å². The third kappa shape index (κ3) is 2.18. The maximum Gasteiger partial charge on any atom is 0.258 e. The Labute approximate surface area is 113 Å². The minimum Gasteiger partial charge on any atom is -0.494 e. The minimum absolute atomic E-state index is 0.0673.